The average molecular weight is 365 g/mol. The standard InChI is InChI=1S/C13H9BrN4S2/c14-10-4-1-3-9(7-10)12-16-17-13(19)18(12)15-8-11-5-2-6-20-11/h1-8H,(H,17,19)/b15-8-. The van der Waals surface area contributed by atoms with Crippen molar-refractivity contribution >= 4 is 45.7 Å². The molecule has 0 atom stereocenters. The fourth-order valence-electron chi connectivity index (χ4n) is 1.69. The molecule has 1 N–H and O–H groups in total. The van der Waals surface area contributed by atoms with Crippen LogP contribution in [0.15, 0.2) is 51.4 Å². The summed E-state index contributed by atoms with van der Waals surface area (Å²) in [5.41, 5.74) is 0.940. The minimum Gasteiger partial charge on any atom is -0.250 e. The van der Waals surface area contributed by atoms with E-state index in [-0.39, 0.29) is 0 Å². The van der Waals surface area contributed by atoms with E-state index in [1.54, 1.807) is 22.2 Å². The summed E-state index contributed by atoms with van der Waals surface area (Å²) in [6.45, 7) is 0. The molecule has 0 spiro atoms. The van der Waals surface area contributed by atoms with E-state index in [1.165, 1.54) is 0 Å². The van der Waals surface area contributed by atoms with Gasteiger partial charge in [0.25, 0.3) is 0 Å². The average Bonchev–Trinajstić information content (AvgIpc) is 3.06. The number of aromatic amines is 1. The Balaban J connectivity index is 2.04. The highest BCUT2D eigenvalue weighted by molar-refractivity contribution is 9.10. The summed E-state index contributed by atoms with van der Waals surface area (Å²) in [5, 5.41) is 13.4. The van der Waals surface area contributed by atoms with Crippen molar-refractivity contribution in [2.45, 2.75) is 0 Å². The summed E-state index contributed by atoms with van der Waals surface area (Å²) in [7, 11) is 0. The van der Waals surface area contributed by atoms with Gasteiger partial charge in [-0.25, -0.2) is 5.10 Å². The second-order valence-corrected chi connectivity index (χ2v) is 6.22. The van der Waals surface area contributed by atoms with Crippen LogP contribution in [0.1, 0.15) is 4.88 Å². The lowest BCUT2D eigenvalue weighted by Gasteiger charge is -2.01. The molecule has 100 valence electrons. The first kappa shape index (κ1) is 13.4. The molecule has 0 saturated carbocycles. The minimum absolute atomic E-state index is 0.466. The Morgan fingerprint density at radius 2 is 2.25 bits per heavy atom. The predicted molar refractivity (Wildman–Crippen MR) is 87.9 cm³/mol. The van der Waals surface area contributed by atoms with E-state index in [2.05, 4.69) is 31.2 Å². The van der Waals surface area contributed by atoms with Crippen molar-refractivity contribution in [1.82, 2.24) is 14.9 Å². The van der Waals surface area contributed by atoms with Crippen LogP contribution < -0.4 is 0 Å². The number of halogens is 1. The van der Waals surface area contributed by atoms with Crippen LogP contribution >= 0.6 is 39.5 Å². The third-order valence-electron chi connectivity index (χ3n) is 2.58. The number of hydrogen-bond donors (Lipinski definition) is 1. The highest BCUT2D eigenvalue weighted by Gasteiger charge is 2.08. The summed E-state index contributed by atoms with van der Waals surface area (Å²) in [5.74, 6) is 0.684. The summed E-state index contributed by atoms with van der Waals surface area (Å²) in [6.07, 6.45) is 1.78. The molecule has 0 bridgehead atoms. The maximum Gasteiger partial charge on any atom is 0.216 e. The smallest absolute Gasteiger partial charge is 0.216 e. The summed E-state index contributed by atoms with van der Waals surface area (Å²) in [4.78, 5) is 1.06. The fraction of sp³-hybridized carbons (Fsp3) is 0. The first-order valence-electron chi connectivity index (χ1n) is 5.75. The molecule has 2 aromatic heterocycles. The van der Waals surface area contributed by atoms with Crippen LogP contribution in [0.2, 0.25) is 0 Å². The van der Waals surface area contributed by atoms with Crippen LogP contribution in [0.5, 0.6) is 0 Å². The van der Waals surface area contributed by atoms with Gasteiger partial charge in [0.15, 0.2) is 5.82 Å². The molecule has 0 fully saturated rings. The SMILES string of the molecule is S=c1[nH]nc(-c2cccc(Br)c2)n1/N=C\c1cccs1. The molecule has 3 rings (SSSR count). The molecule has 0 aliphatic rings. The molecule has 1 aromatic carbocycles. The van der Waals surface area contributed by atoms with Gasteiger partial charge in [0, 0.05) is 14.9 Å². The van der Waals surface area contributed by atoms with Crippen LogP contribution in [0.3, 0.4) is 0 Å². The molecule has 0 amide bonds. The van der Waals surface area contributed by atoms with Crippen LogP contribution in [-0.4, -0.2) is 21.1 Å². The normalized spacial score (nSPS) is 11.2. The molecule has 0 unspecified atom stereocenters. The number of benzene rings is 1. The van der Waals surface area contributed by atoms with Gasteiger partial charge in [-0.3, -0.25) is 0 Å². The van der Waals surface area contributed by atoms with Crippen LogP contribution in [-0.2, 0) is 0 Å². The van der Waals surface area contributed by atoms with Crippen molar-refractivity contribution in [2.24, 2.45) is 5.10 Å². The topological polar surface area (TPSA) is 46.0 Å². The summed E-state index contributed by atoms with van der Waals surface area (Å²) >= 11 is 10.3. The molecule has 0 saturated heterocycles. The Labute approximate surface area is 132 Å². The third-order valence-corrected chi connectivity index (χ3v) is 4.14. The summed E-state index contributed by atoms with van der Waals surface area (Å²) < 4.78 is 3.07. The number of aromatic nitrogens is 3. The maximum absolute atomic E-state index is 5.22. The van der Waals surface area contributed by atoms with Gasteiger partial charge in [-0.05, 0) is 35.8 Å². The van der Waals surface area contributed by atoms with Crippen LogP contribution in [0.25, 0.3) is 11.4 Å². The predicted octanol–water partition coefficient (Wildman–Crippen LogP) is 4.31. The monoisotopic (exact) mass is 364 g/mol. The lowest BCUT2D eigenvalue weighted by Crippen LogP contribution is -1.94. The number of nitrogens with zero attached hydrogens (tertiary/aromatic N) is 3. The molecule has 0 aliphatic heterocycles. The largest absolute Gasteiger partial charge is 0.250 e. The summed E-state index contributed by atoms with van der Waals surface area (Å²) in [6, 6.07) is 11.8. The van der Waals surface area contributed by atoms with Gasteiger partial charge in [-0.1, -0.05) is 34.1 Å². The molecule has 2 heterocycles. The Bertz CT molecular complexity index is 802. The molecule has 0 aliphatic carbocycles. The fourth-order valence-corrected chi connectivity index (χ4v) is 2.85. The van der Waals surface area contributed by atoms with E-state index >= 15 is 0 Å². The van der Waals surface area contributed by atoms with Gasteiger partial charge >= 0.3 is 0 Å². The van der Waals surface area contributed by atoms with E-state index in [1.807, 2.05) is 41.8 Å². The zero-order chi connectivity index (χ0) is 13.9. The minimum atomic E-state index is 0.466. The van der Waals surface area contributed by atoms with Crippen LogP contribution in [0, 0.1) is 4.77 Å². The van der Waals surface area contributed by atoms with Gasteiger partial charge in [-0.15, -0.1) is 11.3 Å². The Kier molecular flexibility index (Phi) is 3.90. The Morgan fingerprint density at radius 3 is 3.00 bits per heavy atom. The quantitative estimate of drug-likeness (QED) is 0.555. The van der Waals surface area contributed by atoms with Crippen molar-refractivity contribution < 1.29 is 0 Å². The zero-order valence-electron chi connectivity index (χ0n) is 10.2. The van der Waals surface area contributed by atoms with E-state index < -0.39 is 0 Å². The molecule has 0 radical (unpaired) electrons. The number of hydrogen-bond acceptors (Lipinski definition) is 4. The molecule has 4 nitrogen and oxygen atoms in total. The Morgan fingerprint density at radius 1 is 1.35 bits per heavy atom. The van der Waals surface area contributed by atoms with Gasteiger partial charge < -0.3 is 0 Å². The first-order chi connectivity index (χ1) is 9.74. The van der Waals surface area contributed by atoms with Gasteiger partial charge in [0.05, 0.1) is 6.21 Å². The Hall–Kier alpha value is -1.57. The van der Waals surface area contributed by atoms with E-state index in [0.29, 0.717) is 10.6 Å². The van der Waals surface area contributed by atoms with Crippen molar-refractivity contribution in [1.29, 1.82) is 0 Å². The van der Waals surface area contributed by atoms with Crippen molar-refractivity contribution in [3.8, 4) is 11.4 Å². The molecule has 3 aromatic rings. The van der Waals surface area contributed by atoms with Gasteiger partial charge in [0.1, 0.15) is 0 Å². The zero-order valence-corrected chi connectivity index (χ0v) is 13.4. The van der Waals surface area contributed by atoms with E-state index in [4.69, 9.17) is 12.2 Å². The number of nitrogens with one attached hydrogen (secondary N) is 1. The molecule has 7 heteroatoms. The van der Waals surface area contributed by atoms with Crippen LogP contribution in [0.4, 0.5) is 0 Å². The van der Waals surface area contributed by atoms with Crippen molar-refractivity contribution in [3.05, 3.63) is 55.9 Å². The lowest BCUT2D eigenvalue weighted by atomic mass is 10.2. The molecule has 20 heavy (non-hydrogen) atoms. The third kappa shape index (κ3) is 2.79. The second kappa shape index (κ2) is 5.82. The highest BCUT2D eigenvalue weighted by Crippen LogP contribution is 2.21. The molecular weight excluding hydrogens is 356 g/mol. The van der Waals surface area contributed by atoms with Gasteiger partial charge in [-0.2, -0.15) is 14.9 Å². The number of thiophene rings is 1. The van der Waals surface area contributed by atoms with E-state index in [9.17, 15) is 0 Å². The molecular formula is C13H9BrN4S2. The second-order valence-electron chi connectivity index (χ2n) is 3.93. The lowest BCUT2D eigenvalue weighted by molar-refractivity contribution is 0.872. The van der Waals surface area contributed by atoms with Gasteiger partial charge in [0.2, 0.25) is 4.77 Å². The number of H-pyrrole nitrogens is 1. The van der Waals surface area contributed by atoms with Crippen molar-refractivity contribution in [2.75, 3.05) is 0 Å². The maximum atomic E-state index is 5.22. The van der Waals surface area contributed by atoms with E-state index in [0.717, 1.165) is 14.9 Å². The number of rotatable bonds is 3. The highest BCUT2D eigenvalue weighted by atomic mass is 79.9. The first-order valence-corrected chi connectivity index (χ1v) is 7.83. The van der Waals surface area contributed by atoms with Crippen molar-refractivity contribution in [3.63, 3.8) is 0 Å².